The van der Waals surface area contributed by atoms with Gasteiger partial charge in [0.05, 0.1) is 29.9 Å². The summed E-state index contributed by atoms with van der Waals surface area (Å²) in [7, 11) is 4.77. The number of methoxy groups -OCH3 is 1. The number of para-hydroxylation sites is 1. The predicted molar refractivity (Wildman–Crippen MR) is 173 cm³/mol. The quantitative estimate of drug-likeness (QED) is 0.166. The van der Waals surface area contributed by atoms with Crippen LogP contribution in [0.2, 0.25) is 0 Å². The van der Waals surface area contributed by atoms with Gasteiger partial charge in [-0.3, -0.25) is 0 Å². The molecule has 232 valence electrons. The Morgan fingerprint density at radius 1 is 1.11 bits per heavy atom. The van der Waals surface area contributed by atoms with E-state index >= 15 is 0 Å². The molecule has 3 N–H and O–H groups in total. The fraction of sp³-hybridized carbons (Fsp3) is 0.312. The normalized spacial score (nSPS) is 11.2. The fourth-order valence-electron chi connectivity index (χ4n) is 4.70. The zero-order chi connectivity index (χ0) is 32.2. The lowest BCUT2D eigenvalue weighted by molar-refractivity contribution is 0.0596. The Morgan fingerprint density at radius 2 is 1.84 bits per heavy atom. The van der Waals surface area contributed by atoms with E-state index in [-0.39, 0.29) is 18.2 Å². The average Bonchev–Trinajstić information content (AvgIpc) is 3.34. The Balaban J connectivity index is 1.82. The molecule has 0 radical (unpaired) electrons. The molecule has 0 unspecified atom stereocenters. The lowest BCUT2D eigenvalue weighted by atomic mass is 10.1. The highest BCUT2D eigenvalue weighted by molar-refractivity contribution is 5.99. The van der Waals surface area contributed by atoms with Crippen molar-refractivity contribution in [3.05, 3.63) is 67.5 Å². The number of allylic oxidation sites excluding steroid dienone is 1. The maximum atomic E-state index is 13.8. The number of aromatic nitrogens is 3. The number of fused-ring (bicyclic) bond motifs is 1. The van der Waals surface area contributed by atoms with Gasteiger partial charge in [0, 0.05) is 68.7 Å². The van der Waals surface area contributed by atoms with Crippen molar-refractivity contribution in [3.63, 3.8) is 0 Å². The zero-order valence-corrected chi connectivity index (χ0v) is 25.9. The third-order valence-corrected chi connectivity index (χ3v) is 6.89. The van der Waals surface area contributed by atoms with E-state index in [0.717, 1.165) is 16.5 Å². The number of anilines is 4. The largest absolute Gasteiger partial charge is 0.494 e. The van der Waals surface area contributed by atoms with Crippen LogP contribution in [0.4, 0.5) is 32.6 Å². The Morgan fingerprint density at radius 3 is 2.50 bits per heavy atom. The maximum Gasteiger partial charge on any atom is 0.422 e. The number of carboxylic acid groups (broad SMARTS) is 1. The molecule has 2 amide bonds. The molecular weight excluding hydrogens is 562 g/mol. The molecule has 0 bridgehead atoms. The Bertz CT molecular complexity index is 1680. The summed E-state index contributed by atoms with van der Waals surface area (Å²) in [6.45, 7) is 10.4. The van der Waals surface area contributed by atoms with Crippen molar-refractivity contribution in [2.75, 3.05) is 49.8 Å². The first-order valence-corrected chi connectivity index (χ1v) is 14.0. The number of amides is 2. The van der Waals surface area contributed by atoms with Crippen molar-refractivity contribution in [1.82, 2.24) is 19.4 Å². The highest BCUT2D eigenvalue weighted by Gasteiger charge is 2.31. The van der Waals surface area contributed by atoms with Gasteiger partial charge in [-0.1, -0.05) is 24.3 Å². The summed E-state index contributed by atoms with van der Waals surface area (Å²) in [4.78, 5) is 38.6. The number of nitrogen functional groups attached to an aromatic ring is 1. The van der Waals surface area contributed by atoms with E-state index in [1.807, 2.05) is 41.4 Å². The smallest absolute Gasteiger partial charge is 0.422 e. The number of carbonyl (C=O) groups excluding carboxylic acids is 1. The van der Waals surface area contributed by atoms with Gasteiger partial charge in [-0.2, -0.15) is 0 Å². The molecule has 0 aliphatic heterocycles. The molecule has 0 aliphatic carbocycles. The van der Waals surface area contributed by atoms with Gasteiger partial charge >= 0.3 is 12.2 Å². The summed E-state index contributed by atoms with van der Waals surface area (Å²) in [6, 6.07) is 13.1. The number of benzene rings is 2. The van der Waals surface area contributed by atoms with Gasteiger partial charge in [-0.25, -0.2) is 24.5 Å². The molecule has 0 saturated heterocycles. The first-order valence-electron chi connectivity index (χ1n) is 14.0. The van der Waals surface area contributed by atoms with Gasteiger partial charge in [0.1, 0.15) is 11.4 Å². The standard InChI is InChI=1S/C32H39N7O5/c1-8-15-38-20-22(21-11-9-10-12-25(21)38)24-13-14-34-29(35-24)39(31(42)44-32(2,3)4)27-18-23(33)26(19-28(27)43-7)36(5)16-17-37(6)30(40)41/h8-14,18-20H,1,15-17,33H2,2-7H3,(H,40,41). The molecule has 0 fully saturated rings. The number of nitrogens with two attached hydrogens (primary N) is 1. The van der Waals surface area contributed by atoms with Crippen LogP contribution >= 0.6 is 0 Å². The fourth-order valence-corrected chi connectivity index (χ4v) is 4.70. The van der Waals surface area contributed by atoms with Gasteiger partial charge < -0.3 is 34.7 Å². The molecule has 0 atom stereocenters. The van der Waals surface area contributed by atoms with Crippen molar-refractivity contribution >= 4 is 46.1 Å². The molecule has 0 spiro atoms. The van der Waals surface area contributed by atoms with Crippen molar-refractivity contribution in [2.45, 2.75) is 32.9 Å². The van der Waals surface area contributed by atoms with Crippen molar-refractivity contribution < 1.29 is 24.2 Å². The summed E-state index contributed by atoms with van der Waals surface area (Å²) < 4.78 is 13.6. The van der Waals surface area contributed by atoms with Crippen molar-refractivity contribution in [3.8, 4) is 17.0 Å². The minimum atomic E-state index is -1.03. The van der Waals surface area contributed by atoms with Crippen LogP contribution in [0.5, 0.6) is 5.75 Å². The van der Waals surface area contributed by atoms with Crippen LogP contribution in [0, 0.1) is 0 Å². The number of hydrogen-bond donors (Lipinski definition) is 2. The van der Waals surface area contributed by atoms with Crippen LogP contribution in [0.3, 0.4) is 0 Å². The Labute approximate surface area is 256 Å². The van der Waals surface area contributed by atoms with Gasteiger partial charge in [-0.15, -0.1) is 6.58 Å². The minimum absolute atomic E-state index is 0.0687. The van der Waals surface area contributed by atoms with E-state index in [4.69, 9.17) is 20.2 Å². The molecule has 4 aromatic rings. The molecule has 0 aliphatic rings. The molecule has 0 saturated carbocycles. The van der Waals surface area contributed by atoms with Crippen LogP contribution in [0.1, 0.15) is 20.8 Å². The third-order valence-electron chi connectivity index (χ3n) is 6.89. The molecule has 12 heteroatoms. The Kier molecular flexibility index (Phi) is 9.32. The van der Waals surface area contributed by atoms with Gasteiger partial charge in [-0.05, 0) is 39.0 Å². The first-order chi connectivity index (χ1) is 20.8. The van der Waals surface area contributed by atoms with Crippen LogP contribution in [-0.2, 0) is 11.3 Å². The van der Waals surface area contributed by atoms with Crippen LogP contribution < -0.4 is 20.3 Å². The van der Waals surface area contributed by atoms with E-state index in [2.05, 4.69) is 16.1 Å². The van der Waals surface area contributed by atoms with Crippen LogP contribution in [0.25, 0.3) is 22.2 Å². The molecule has 44 heavy (non-hydrogen) atoms. The molecular formula is C32H39N7O5. The summed E-state index contributed by atoms with van der Waals surface area (Å²) in [6.07, 6.45) is 3.67. The molecule has 4 rings (SSSR count). The highest BCUT2D eigenvalue weighted by Crippen LogP contribution is 2.41. The second-order valence-electron chi connectivity index (χ2n) is 11.3. The van der Waals surface area contributed by atoms with E-state index in [0.29, 0.717) is 35.9 Å². The van der Waals surface area contributed by atoms with E-state index < -0.39 is 17.8 Å². The monoisotopic (exact) mass is 601 g/mol. The SMILES string of the molecule is C=CCn1cc(-c2ccnc(N(C(=O)OC(C)(C)C)c3cc(N)c(N(C)CCN(C)C(=O)O)cc3OC)n2)c2ccccc21. The summed E-state index contributed by atoms with van der Waals surface area (Å²) >= 11 is 0. The lowest BCUT2D eigenvalue weighted by Gasteiger charge is -2.29. The van der Waals surface area contributed by atoms with Crippen LogP contribution in [-0.4, -0.2) is 76.6 Å². The number of rotatable bonds is 10. The summed E-state index contributed by atoms with van der Waals surface area (Å²) in [5, 5.41) is 10.2. The molecule has 2 heterocycles. The molecule has 2 aromatic heterocycles. The van der Waals surface area contributed by atoms with Gasteiger partial charge in [0.15, 0.2) is 0 Å². The lowest BCUT2D eigenvalue weighted by Crippen LogP contribution is -2.35. The highest BCUT2D eigenvalue weighted by atomic mass is 16.6. The second-order valence-corrected chi connectivity index (χ2v) is 11.3. The number of ether oxygens (including phenoxy) is 2. The number of nitrogens with zero attached hydrogens (tertiary/aromatic N) is 6. The summed E-state index contributed by atoms with van der Waals surface area (Å²) in [5.74, 6) is 0.384. The van der Waals surface area contributed by atoms with Crippen molar-refractivity contribution in [1.29, 1.82) is 0 Å². The number of carbonyl (C=O) groups is 2. The first kappa shape index (κ1) is 31.7. The topological polar surface area (TPSA) is 139 Å². The molecule has 12 nitrogen and oxygen atoms in total. The van der Waals surface area contributed by atoms with E-state index in [1.54, 1.807) is 52.2 Å². The Hall–Kier alpha value is -5.26. The zero-order valence-electron chi connectivity index (χ0n) is 25.9. The number of likely N-dealkylation sites (N-methyl/N-ethyl adjacent to an activating group) is 2. The van der Waals surface area contributed by atoms with E-state index in [9.17, 15) is 14.7 Å². The average molecular weight is 602 g/mol. The van der Waals surface area contributed by atoms with Gasteiger partial charge in [0.2, 0.25) is 5.95 Å². The number of hydrogen-bond acceptors (Lipinski definition) is 8. The third kappa shape index (κ3) is 6.86. The van der Waals surface area contributed by atoms with Gasteiger partial charge in [0.25, 0.3) is 0 Å². The van der Waals surface area contributed by atoms with E-state index in [1.165, 1.54) is 24.0 Å². The van der Waals surface area contributed by atoms with Crippen LogP contribution in [0.15, 0.2) is 67.5 Å². The maximum absolute atomic E-state index is 13.8. The molecule has 2 aromatic carbocycles. The second kappa shape index (κ2) is 12.9. The predicted octanol–water partition coefficient (Wildman–Crippen LogP) is 5.99. The summed E-state index contributed by atoms with van der Waals surface area (Å²) in [5.41, 5.74) is 9.40. The van der Waals surface area contributed by atoms with Crippen molar-refractivity contribution in [2.24, 2.45) is 0 Å². The minimum Gasteiger partial charge on any atom is -0.494 e.